The molecule has 1 aromatic heterocycles. The number of carbonyl (C=O) groups is 2. The average molecular weight is 317 g/mol. The minimum Gasteiger partial charge on any atom is -0.494 e. The highest BCUT2D eigenvalue weighted by molar-refractivity contribution is 5.97. The van der Waals surface area contributed by atoms with Crippen LogP contribution >= 0.6 is 0 Å². The predicted molar refractivity (Wildman–Crippen MR) is 84.1 cm³/mol. The van der Waals surface area contributed by atoms with Crippen molar-refractivity contribution in [1.29, 1.82) is 0 Å². The number of hydrogen-bond acceptors (Lipinski definition) is 4. The Bertz CT molecular complexity index is 724. The summed E-state index contributed by atoms with van der Waals surface area (Å²) in [6, 6.07) is 6.38. The number of nitrogens with one attached hydrogen (secondary N) is 1. The van der Waals surface area contributed by atoms with Gasteiger partial charge in [-0.25, -0.2) is 4.68 Å². The molecule has 0 bridgehead atoms. The first kappa shape index (κ1) is 16.5. The van der Waals surface area contributed by atoms with Crippen molar-refractivity contribution < 1.29 is 19.4 Å². The van der Waals surface area contributed by atoms with E-state index in [-0.39, 0.29) is 0 Å². The standard InChI is InChI=1S/C16H19N3O4/c1-4-12-11(15(20)18-10(2)16(21)22)9-17-19(12)13-7-5-6-8-14(13)23-3/h5-10H,4H2,1-3H3,(H,18,20)(H,21,22). The SMILES string of the molecule is CCc1c(C(=O)NC(C)C(=O)O)cnn1-c1ccccc1OC. The molecule has 2 aromatic rings. The smallest absolute Gasteiger partial charge is 0.325 e. The first-order valence-electron chi connectivity index (χ1n) is 7.23. The molecule has 7 nitrogen and oxygen atoms in total. The van der Waals surface area contributed by atoms with Gasteiger partial charge in [0.25, 0.3) is 5.91 Å². The number of benzene rings is 1. The van der Waals surface area contributed by atoms with Crippen molar-refractivity contribution in [2.24, 2.45) is 0 Å². The molecule has 122 valence electrons. The van der Waals surface area contributed by atoms with Gasteiger partial charge in [0.05, 0.1) is 24.6 Å². The van der Waals surface area contributed by atoms with Crippen LogP contribution in [0, 0.1) is 0 Å². The lowest BCUT2D eigenvalue weighted by Gasteiger charge is -2.12. The number of methoxy groups -OCH3 is 1. The van der Waals surface area contributed by atoms with Crippen LogP contribution in [0.15, 0.2) is 30.5 Å². The topological polar surface area (TPSA) is 93.5 Å². The average Bonchev–Trinajstić information content (AvgIpc) is 2.98. The zero-order valence-corrected chi connectivity index (χ0v) is 13.2. The number of para-hydroxylation sites is 2. The van der Waals surface area contributed by atoms with E-state index in [0.29, 0.717) is 23.4 Å². The van der Waals surface area contributed by atoms with Gasteiger partial charge >= 0.3 is 5.97 Å². The van der Waals surface area contributed by atoms with Gasteiger partial charge in [0.1, 0.15) is 17.5 Å². The monoisotopic (exact) mass is 317 g/mol. The first-order valence-corrected chi connectivity index (χ1v) is 7.23. The van der Waals surface area contributed by atoms with Crippen LogP contribution in [0.4, 0.5) is 0 Å². The molecular weight excluding hydrogens is 298 g/mol. The molecule has 1 aromatic carbocycles. The highest BCUT2D eigenvalue weighted by Gasteiger charge is 2.21. The number of aliphatic carboxylic acids is 1. The third-order valence-corrected chi connectivity index (χ3v) is 3.48. The van der Waals surface area contributed by atoms with Crippen molar-refractivity contribution >= 4 is 11.9 Å². The van der Waals surface area contributed by atoms with Crippen molar-refractivity contribution in [3.8, 4) is 11.4 Å². The van der Waals surface area contributed by atoms with Gasteiger partial charge in [0.2, 0.25) is 0 Å². The number of carbonyl (C=O) groups excluding carboxylic acids is 1. The third-order valence-electron chi connectivity index (χ3n) is 3.48. The number of ether oxygens (including phenoxy) is 1. The summed E-state index contributed by atoms with van der Waals surface area (Å²) in [5.74, 6) is -0.914. The lowest BCUT2D eigenvalue weighted by molar-refractivity contribution is -0.138. The maximum Gasteiger partial charge on any atom is 0.325 e. The maximum atomic E-state index is 12.3. The van der Waals surface area contributed by atoms with Crippen molar-refractivity contribution in [3.63, 3.8) is 0 Å². The number of carboxylic acids is 1. The summed E-state index contributed by atoms with van der Waals surface area (Å²) in [4.78, 5) is 23.2. The van der Waals surface area contributed by atoms with Crippen LogP contribution in [-0.2, 0) is 11.2 Å². The summed E-state index contributed by atoms with van der Waals surface area (Å²) in [6.45, 7) is 3.32. The molecule has 2 rings (SSSR count). The molecule has 2 N–H and O–H groups in total. The summed E-state index contributed by atoms with van der Waals surface area (Å²) in [6.07, 6.45) is 2.00. The van der Waals surface area contributed by atoms with Crippen molar-refractivity contribution in [3.05, 3.63) is 41.7 Å². The van der Waals surface area contributed by atoms with Gasteiger partial charge in [-0.15, -0.1) is 0 Å². The van der Waals surface area contributed by atoms with E-state index in [4.69, 9.17) is 9.84 Å². The molecule has 1 heterocycles. The summed E-state index contributed by atoms with van der Waals surface area (Å²) in [5.41, 5.74) is 1.76. The second-order valence-electron chi connectivity index (χ2n) is 4.98. The Morgan fingerprint density at radius 3 is 2.70 bits per heavy atom. The first-order chi connectivity index (χ1) is 11.0. The van der Waals surface area contributed by atoms with Crippen LogP contribution in [0.5, 0.6) is 5.75 Å². The lowest BCUT2D eigenvalue weighted by Crippen LogP contribution is -2.38. The lowest BCUT2D eigenvalue weighted by atomic mass is 10.1. The van der Waals surface area contributed by atoms with Crippen LogP contribution in [0.2, 0.25) is 0 Å². The molecule has 7 heteroatoms. The van der Waals surface area contributed by atoms with E-state index in [1.165, 1.54) is 13.1 Å². The van der Waals surface area contributed by atoms with Gasteiger partial charge in [-0.05, 0) is 25.5 Å². The molecule has 0 radical (unpaired) electrons. The van der Waals surface area contributed by atoms with E-state index in [2.05, 4.69) is 10.4 Å². The minimum atomic E-state index is -1.09. The van der Waals surface area contributed by atoms with Crippen LogP contribution in [0.3, 0.4) is 0 Å². The highest BCUT2D eigenvalue weighted by Crippen LogP contribution is 2.24. The molecular formula is C16H19N3O4. The zero-order valence-electron chi connectivity index (χ0n) is 13.2. The van der Waals surface area contributed by atoms with E-state index in [1.807, 2.05) is 31.2 Å². The Morgan fingerprint density at radius 2 is 2.09 bits per heavy atom. The summed E-state index contributed by atoms with van der Waals surface area (Å²) in [5, 5.41) is 15.6. The van der Waals surface area contributed by atoms with Gasteiger partial charge in [-0.3, -0.25) is 9.59 Å². The number of hydrogen-bond donors (Lipinski definition) is 2. The van der Waals surface area contributed by atoms with Crippen LogP contribution in [0.1, 0.15) is 29.9 Å². The normalized spacial score (nSPS) is 11.8. The Labute approximate surface area is 133 Å². The van der Waals surface area contributed by atoms with Gasteiger partial charge in [-0.2, -0.15) is 5.10 Å². The predicted octanol–water partition coefficient (Wildman–Crippen LogP) is 1.65. The third kappa shape index (κ3) is 3.33. The molecule has 0 spiro atoms. The van der Waals surface area contributed by atoms with E-state index >= 15 is 0 Å². The Balaban J connectivity index is 2.40. The van der Waals surface area contributed by atoms with Crippen LogP contribution in [0.25, 0.3) is 5.69 Å². The summed E-state index contributed by atoms with van der Waals surface area (Å²) in [7, 11) is 1.57. The van der Waals surface area contributed by atoms with Gasteiger partial charge in [0, 0.05) is 0 Å². The number of amides is 1. The zero-order chi connectivity index (χ0) is 17.0. The van der Waals surface area contributed by atoms with Crippen molar-refractivity contribution in [2.45, 2.75) is 26.3 Å². The molecule has 0 aliphatic carbocycles. The maximum absolute atomic E-state index is 12.3. The molecule has 0 saturated carbocycles. The number of nitrogens with zero attached hydrogens (tertiary/aromatic N) is 2. The number of aromatic nitrogens is 2. The Hall–Kier alpha value is -2.83. The molecule has 1 atom stereocenters. The number of carboxylic acid groups (broad SMARTS) is 1. The molecule has 23 heavy (non-hydrogen) atoms. The highest BCUT2D eigenvalue weighted by atomic mass is 16.5. The fourth-order valence-corrected chi connectivity index (χ4v) is 2.25. The largest absolute Gasteiger partial charge is 0.494 e. The van der Waals surface area contributed by atoms with Crippen molar-refractivity contribution in [1.82, 2.24) is 15.1 Å². The second kappa shape index (κ2) is 6.95. The quantitative estimate of drug-likeness (QED) is 0.845. The number of rotatable bonds is 6. The van der Waals surface area contributed by atoms with E-state index in [9.17, 15) is 9.59 Å². The summed E-state index contributed by atoms with van der Waals surface area (Å²) < 4.78 is 6.96. The Kier molecular flexibility index (Phi) is 5.00. The molecule has 0 fully saturated rings. The molecule has 0 aliphatic rings. The van der Waals surface area contributed by atoms with Crippen LogP contribution in [-0.4, -0.2) is 39.9 Å². The molecule has 1 amide bonds. The van der Waals surface area contributed by atoms with E-state index in [1.54, 1.807) is 11.8 Å². The second-order valence-corrected chi connectivity index (χ2v) is 4.98. The fraction of sp³-hybridized carbons (Fsp3) is 0.312. The van der Waals surface area contributed by atoms with E-state index < -0.39 is 17.9 Å². The minimum absolute atomic E-state index is 0.353. The fourth-order valence-electron chi connectivity index (χ4n) is 2.25. The van der Waals surface area contributed by atoms with Crippen LogP contribution < -0.4 is 10.1 Å². The summed E-state index contributed by atoms with van der Waals surface area (Å²) >= 11 is 0. The molecule has 1 unspecified atom stereocenters. The van der Waals surface area contributed by atoms with Gasteiger partial charge in [-0.1, -0.05) is 19.1 Å². The Morgan fingerprint density at radius 1 is 1.39 bits per heavy atom. The molecule has 0 saturated heterocycles. The van der Waals surface area contributed by atoms with E-state index in [0.717, 1.165) is 5.69 Å². The van der Waals surface area contributed by atoms with Gasteiger partial charge in [0.15, 0.2) is 0 Å². The van der Waals surface area contributed by atoms with Crippen molar-refractivity contribution in [2.75, 3.05) is 7.11 Å². The molecule has 0 aliphatic heterocycles. The van der Waals surface area contributed by atoms with Gasteiger partial charge < -0.3 is 15.2 Å².